The molecule has 0 radical (unpaired) electrons. The Bertz CT molecular complexity index is 1000. The summed E-state index contributed by atoms with van der Waals surface area (Å²) >= 11 is 6.12. The monoisotopic (exact) mass is 359 g/mol. The molecule has 1 aromatic heterocycles. The standard InChI is InChI=1S/C18H14ClNO5/c19-12-9-13(16(23)11-5-2-1-3-6-11)17-14(10-12)20(18(24)25-17)8-4-7-15(21)22/h1-3,5-6,9-10H,4,7-8H2,(H,21,22). The molecule has 0 amide bonds. The van der Waals surface area contributed by atoms with E-state index in [1.54, 1.807) is 30.3 Å². The third-order valence-corrected chi connectivity index (χ3v) is 4.01. The number of fused-ring (bicyclic) bond motifs is 1. The fraction of sp³-hybridized carbons (Fsp3) is 0.167. The van der Waals surface area contributed by atoms with Crippen molar-refractivity contribution in [3.8, 4) is 0 Å². The molecule has 0 aliphatic heterocycles. The van der Waals surface area contributed by atoms with Gasteiger partial charge in [-0.25, -0.2) is 4.79 Å². The zero-order chi connectivity index (χ0) is 18.0. The fourth-order valence-electron chi connectivity index (χ4n) is 2.64. The molecule has 7 heteroatoms. The van der Waals surface area contributed by atoms with Crippen LogP contribution in [0.15, 0.2) is 51.7 Å². The van der Waals surface area contributed by atoms with E-state index < -0.39 is 11.7 Å². The summed E-state index contributed by atoms with van der Waals surface area (Å²) in [4.78, 5) is 35.5. The van der Waals surface area contributed by atoms with Crippen LogP contribution < -0.4 is 5.76 Å². The van der Waals surface area contributed by atoms with Gasteiger partial charge in [-0.3, -0.25) is 14.2 Å². The SMILES string of the molecule is O=C(O)CCCn1c(=O)oc2c(C(=O)c3ccccc3)cc(Cl)cc21. The Morgan fingerprint density at radius 1 is 1.16 bits per heavy atom. The van der Waals surface area contributed by atoms with Crippen molar-refractivity contribution in [1.29, 1.82) is 0 Å². The topological polar surface area (TPSA) is 89.5 Å². The van der Waals surface area contributed by atoms with E-state index in [0.29, 0.717) is 16.1 Å². The molecular formula is C18H14ClNO5. The van der Waals surface area contributed by atoms with Crippen molar-refractivity contribution in [2.75, 3.05) is 0 Å². The highest BCUT2D eigenvalue weighted by atomic mass is 35.5. The Labute approximate surface area is 147 Å². The van der Waals surface area contributed by atoms with E-state index in [2.05, 4.69) is 0 Å². The quantitative estimate of drug-likeness (QED) is 0.682. The van der Waals surface area contributed by atoms with Crippen molar-refractivity contribution < 1.29 is 19.1 Å². The van der Waals surface area contributed by atoms with Gasteiger partial charge in [-0.15, -0.1) is 0 Å². The second-order valence-corrected chi connectivity index (χ2v) is 5.95. The van der Waals surface area contributed by atoms with Crippen LogP contribution in [0.25, 0.3) is 11.1 Å². The highest BCUT2D eigenvalue weighted by molar-refractivity contribution is 6.32. The van der Waals surface area contributed by atoms with Crippen LogP contribution in [0.4, 0.5) is 0 Å². The van der Waals surface area contributed by atoms with Gasteiger partial charge in [-0.1, -0.05) is 41.9 Å². The van der Waals surface area contributed by atoms with Gasteiger partial charge >= 0.3 is 11.7 Å². The van der Waals surface area contributed by atoms with Gasteiger partial charge in [0.05, 0.1) is 11.1 Å². The molecule has 3 rings (SSSR count). The number of carbonyl (C=O) groups excluding carboxylic acids is 1. The van der Waals surface area contributed by atoms with Crippen molar-refractivity contribution in [2.45, 2.75) is 19.4 Å². The van der Waals surface area contributed by atoms with Gasteiger partial charge < -0.3 is 9.52 Å². The van der Waals surface area contributed by atoms with Gasteiger partial charge in [0.25, 0.3) is 0 Å². The van der Waals surface area contributed by atoms with E-state index in [9.17, 15) is 14.4 Å². The molecular weight excluding hydrogens is 346 g/mol. The first-order valence-electron chi connectivity index (χ1n) is 7.62. The van der Waals surface area contributed by atoms with E-state index in [1.807, 2.05) is 0 Å². The number of rotatable bonds is 6. The predicted molar refractivity (Wildman–Crippen MR) is 92.2 cm³/mol. The third-order valence-electron chi connectivity index (χ3n) is 3.79. The molecule has 0 aliphatic rings. The first kappa shape index (κ1) is 17.0. The number of carbonyl (C=O) groups is 2. The molecule has 2 aromatic carbocycles. The highest BCUT2D eigenvalue weighted by Crippen LogP contribution is 2.26. The van der Waals surface area contributed by atoms with E-state index in [0.717, 1.165) is 0 Å². The molecule has 0 fully saturated rings. The average molecular weight is 360 g/mol. The highest BCUT2D eigenvalue weighted by Gasteiger charge is 2.20. The van der Waals surface area contributed by atoms with Crippen LogP contribution in [0.2, 0.25) is 5.02 Å². The summed E-state index contributed by atoms with van der Waals surface area (Å²) in [5.41, 5.74) is 1.18. The van der Waals surface area contributed by atoms with Gasteiger partial charge in [0.15, 0.2) is 11.4 Å². The maximum Gasteiger partial charge on any atom is 0.419 e. The van der Waals surface area contributed by atoms with Gasteiger partial charge in [0, 0.05) is 23.6 Å². The van der Waals surface area contributed by atoms with Crippen molar-refractivity contribution in [2.24, 2.45) is 0 Å². The largest absolute Gasteiger partial charge is 0.481 e. The number of ketones is 1. The number of nitrogens with zero attached hydrogens (tertiary/aromatic N) is 1. The third kappa shape index (κ3) is 3.49. The lowest BCUT2D eigenvalue weighted by molar-refractivity contribution is -0.137. The Morgan fingerprint density at radius 2 is 1.88 bits per heavy atom. The Balaban J connectivity index is 2.08. The average Bonchev–Trinajstić information content (AvgIpc) is 2.90. The molecule has 3 aromatic rings. The van der Waals surface area contributed by atoms with E-state index in [-0.39, 0.29) is 36.3 Å². The number of carboxylic acids is 1. The van der Waals surface area contributed by atoms with Crippen LogP contribution in [0.5, 0.6) is 0 Å². The van der Waals surface area contributed by atoms with Gasteiger partial charge in [-0.2, -0.15) is 0 Å². The minimum Gasteiger partial charge on any atom is -0.481 e. The molecule has 25 heavy (non-hydrogen) atoms. The van der Waals surface area contributed by atoms with Crippen molar-refractivity contribution in [3.05, 3.63) is 69.2 Å². The zero-order valence-electron chi connectivity index (χ0n) is 13.1. The van der Waals surface area contributed by atoms with Crippen molar-refractivity contribution in [3.63, 3.8) is 0 Å². The van der Waals surface area contributed by atoms with Crippen molar-refractivity contribution >= 4 is 34.5 Å². The number of aromatic nitrogens is 1. The summed E-state index contributed by atoms with van der Waals surface area (Å²) in [6.07, 6.45) is 0.188. The van der Waals surface area contributed by atoms with Gasteiger partial charge in [-0.05, 0) is 18.6 Å². The Kier molecular flexibility index (Phi) is 4.72. The number of aryl methyl sites for hydroxylation is 1. The molecule has 0 spiro atoms. The van der Waals surface area contributed by atoms with Crippen molar-refractivity contribution in [1.82, 2.24) is 4.57 Å². The van der Waals surface area contributed by atoms with Gasteiger partial charge in [0.1, 0.15) is 0 Å². The normalized spacial score (nSPS) is 10.9. The first-order valence-corrected chi connectivity index (χ1v) is 7.99. The molecule has 0 unspecified atom stereocenters. The maximum absolute atomic E-state index is 12.7. The van der Waals surface area contributed by atoms with E-state index in [1.165, 1.54) is 16.7 Å². The summed E-state index contributed by atoms with van der Waals surface area (Å²) in [5.74, 6) is -1.90. The molecule has 1 N–H and O–H groups in total. The summed E-state index contributed by atoms with van der Waals surface area (Å²) in [7, 11) is 0. The van der Waals surface area contributed by atoms with Crippen LogP contribution in [0, 0.1) is 0 Å². The molecule has 1 heterocycles. The number of hydrogen-bond acceptors (Lipinski definition) is 4. The molecule has 6 nitrogen and oxygen atoms in total. The molecule has 0 saturated heterocycles. The molecule has 0 atom stereocenters. The summed E-state index contributed by atoms with van der Waals surface area (Å²) in [6, 6.07) is 11.6. The van der Waals surface area contributed by atoms with Crippen LogP contribution in [0.1, 0.15) is 28.8 Å². The zero-order valence-corrected chi connectivity index (χ0v) is 13.8. The lowest BCUT2D eigenvalue weighted by atomic mass is 10.0. The van der Waals surface area contributed by atoms with Crippen LogP contribution in [0.3, 0.4) is 0 Å². The molecule has 0 saturated carbocycles. The number of carboxylic acid groups (broad SMARTS) is 1. The van der Waals surface area contributed by atoms with Crippen LogP contribution in [-0.2, 0) is 11.3 Å². The number of aliphatic carboxylic acids is 1. The second-order valence-electron chi connectivity index (χ2n) is 5.51. The van der Waals surface area contributed by atoms with E-state index >= 15 is 0 Å². The van der Waals surface area contributed by atoms with Crippen LogP contribution in [-0.4, -0.2) is 21.4 Å². The number of oxazole rings is 1. The Morgan fingerprint density at radius 3 is 2.56 bits per heavy atom. The minimum atomic E-state index is -0.946. The molecule has 0 bridgehead atoms. The summed E-state index contributed by atoms with van der Waals surface area (Å²) < 4.78 is 6.56. The van der Waals surface area contributed by atoms with Gasteiger partial charge in [0.2, 0.25) is 0 Å². The van der Waals surface area contributed by atoms with Crippen LogP contribution >= 0.6 is 11.6 Å². The minimum absolute atomic E-state index is 0.0739. The lowest BCUT2D eigenvalue weighted by Gasteiger charge is -2.05. The number of halogens is 1. The smallest absolute Gasteiger partial charge is 0.419 e. The second kappa shape index (κ2) is 6.94. The Hall–Kier alpha value is -2.86. The molecule has 128 valence electrons. The van der Waals surface area contributed by atoms with E-state index in [4.69, 9.17) is 21.1 Å². The summed E-state index contributed by atoms with van der Waals surface area (Å²) in [6.45, 7) is 0.164. The lowest BCUT2D eigenvalue weighted by Crippen LogP contribution is -2.14. The summed E-state index contributed by atoms with van der Waals surface area (Å²) in [5, 5.41) is 9.03. The number of hydrogen-bond donors (Lipinski definition) is 1. The maximum atomic E-state index is 12.7. The first-order chi connectivity index (χ1) is 12.0. The molecule has 0 aliphatic carbocycles. The fourth-order valence-corrected chi connectivity index (χ4v) is 2.85. The predicted octanol–water partition coefficient (Wildman–Crippen LogP) is 3.34. The number of benzene rings is 2.